The number of hydrogen-bond acceptors (Lipinski definition) is 3. The van der Waals surface area contributed by atoms with E-state index in [1.807, 2.05) is 55.5 Å². The minimum Gasteiger partial charge on any atom is -0.493 e. The Hall–Kier alpha value is -2.99. The first-order chi connectivity index (χ1) is 14.2. The van der Waals surface area contributed by atoms with Crippen LogP contribution in [0.4, 0.5) is 4.79 Å². The molecule has 6 heteroatoms. The number of para-hydroxylation sites is 1. The van der Waals surface area contributed by atoms with Crippen LogP contribution in [0, 0.1) is 12.8 Å². The first kappa shape index (κ1) is 19.3. The number of carbonyl (C=O) groups is 1. The van der Waals surface area contributed by atoms with Gasteiger partial charge in [-0.05, 0) is 42.5 Å². The molecule has 2 aromatic carbocycles. The number of rotatable bonds is 7. The van der Waals surface area contributed by atoms with Crippen LogP contribution in [-0.2, 0) is 17.8 Å². The third-order valence-corrected chi connectivity index (χ3v) is 5.19. The fourth-order valence-corrected chi connectivity index (χ4v) is 3.51. The number of aryl methyl sites for hydroxylation is 1. The Morgan fingerprint density at radius 3 is 2.86 bits per heavy atom. The Labute approximate surface area is 170 Å². The van der Waals surface area contributed by atoms with Crippen molar-refractivity contribution in [2.45, 2.75) is 26.4 Å². The zero-order valence-electron chi connectivity index (χ0n) is 16.7. The van der Waals surface area contributed by atoms with Crippen molar-refractivity contribution < 1.29 is 14.3 Å². The molecule has 1 fully saturated rings. The molecule has 4 rings (SSSR count). The van der Waals surface area contributed by atoms with Gasteiger partial charge in [0.1, 0.15) is 5.75 Å². The second-order valence-electron chi connectivity index (χ2n) is 7.57. The number of hydrogen-bond donors (Lipinski definition) is 3. The predicted molar refractivity (Wildman–Crippen MR) is 113 cm³/mol. The zero-order valence-corrected chi connectivity index (χ0v) is 16.7. The van der Waals surface area contributed by atoms with Crippen molar-refractivity contribution in [2.75, 3.05) is 19.8 Å². The van der Waals surface area contributed by atoms with Crippen LogP contribution in [0.15, 0.2) is 48.5 Å². The van der Waals surface area contributed by atoms with Crippen LogP contribution in [0.1, 0.15) is 23.2 Å². The second kappa shape index (κ2) is 9.01. The fourth-order valence-electron chi connectivity index (χ4n) is 3.51. The number of nitrogens with one attached hydrogen (secondary N) is 3. The molecule has 0 aliphatic carbocycles. The molecular weight excluding hydrogens is 366 g/mol. The lowest BCUT2D eigenvalue weighted by Gasteiger charge is -2.15. The van der Waals surface area contributed by atoms with Gasteiger partial charge in [-0.3, -0.25) is 0 Å². The van der Waals surface area contributed by atoms with Gasteiger partial charge in [-0.15, -0.1) is 0 Å². The van der Waals surface area contributed by atoms with Crippen molar-refractivity contribution in [3.8, 4) is 5.75 Å². The first-order valence-corrected chi connectivity index (χ1v) is 10.1. The molecule has 0 saturated carbocycles. The minimum atomic E-state index is -0.209. The zero-order chi connectivity index (χ0) is 20.1. The topological polar surface area (TPSA) is 75.4 Å². The largest absolute Gasteiger partial charge is 0.493 e. The van der Waals surface area contributed by atoms with Crippen LogP contribution < -0.4 is 15.4 Å². The summed E-state index contributed by atoms with van der Waals surface area (Å²) in [7, 11) is 0. The van der Waals surface area contributed by atoms with Crippen LogP contribution >= 0.6 is 0 Å². The standard InChI is InChI=1S/C23H27N3O3/c1-16-6-7-19(22(10-16)29-15-17-8-9-28-14-17)12-24-23(27)25-13-20-11-18-4-2-3-5-21(18)26-20/h2-7,10-11,17,26H,8-9,12-15H2,1H3,(H2,24,25,27). The summed E-state index contributed by atoms with van der Waals surface area (Å²) in [6.45, 7) is 5.11. The monoisotopic (exact) mass is 393 g/mol. The number of benzene rings is 2. The number of H-pyrrole nitrogens is 1. The number of urea groups is 1. The third kappa shape index (κ3) is 5.09. The molecule has 29 heavy (non-hydrogen) atoms. The van der Waals surface area contributed by atoms with Gasteiger partial charge in [-0.1, -0.05) is 30.3 Å². The van der Waals surface area contributed by atoms with Crippen LogP contribution in [0.5, 0.6) is 5.75 Å². The van der Waals surface area contributed by atoms with E-state index in [4.69, 9.17) is 9.47 Å². The normalized spacial score (nSPS) is 16.1. The molecule has 3 N–H and O–H groups in total. The maximum atomic E-state index is 12.3. The number of carbonyl (C=O) groups excluding carboxylic acids is 1. The fraction of sp³-hybridized carbons (Fsp3) is 0.348. The highest BCUT2D eigenvalue weighted by Crippen LogP contribution is 2.22. The Balaban J connectivity index is 1.30. The molecule has 3 aromatic rings. The van der Waals surface area contributed by atoms with E-state index in [9.17, 15) is 4.79 Å². The lowest BCUT2D eigenvalue weighted by Crippen LogP contribution is -2.34. The van der Waals surface area contributed by atoms with Crippen LogP contribution in [0.25, 0.3) is 10.9 Å². The van der Waals surface area contributed by atoms with E-state index in [0.717, 1.165) is 53.1 Å². The molecule has 1 unspecified atom stereocenters. The number of ether oxygens (including phenoxy) is 2. The summed E-state index contributed by atoms with van der Waals surface area (Å²) < 4.78 is 11.5. The van der Waals surface area contributed by atoms with Crippen molar-refractivity contribution in [1.82, 2.24) is 15.6 Å². The van der Waals surface area contributed by atoms with Gasteiger partial charge in [0, 0.05) is 35.8 Å². The molecule has 0 spiro atoms. The molecule has 1 atom stereocenters. The highest BCUT2D eigenvalue weighted by atomic mass is 16.5. The van der Waals surface area contributed by atoms with E-state index in [-0.39, 0.29) is 6.03 Å². The number of fused-ring (bicyclic) bond motifs is 1. The third-order valence-electron chi connectivity index (χ3n) is 5.19. The lowest BCUT2D eigenvalue weighted by molar-refractivity contribution is 0.166. The van der Waals surface area contributed by atoms with Crippen molar-refractivity contribution in [1.29, 1.82) is 0 Å². The van der Waals surface area contributed by atoms with E-state index in [0.29, 0.717) is 25.6 Å². The van der Waals surface area contributed by atoms with E-state index >= 15 is 0 Å². The molecule has 2 heterocycles. The Morgan fingerprint density at radius 1 is 1.17 bits per heavy atom. The Morgan fingerprint density at radius 2 is 2.03 bits per heavy atom. The minimum absolute atomic E-state index is 0.209. The lowest BCUT2D eigenvalue weighted by atomic mass is 10.1. The summed E-state index contributed by atoms with van der Waals surface area (Å²) in [5.41, 5.74) is 4.14. The molecule has 1 aromatic heterocycles. The quantitative estimate of drug-likeness (QED) is 0.570. The van der Waals surface area contributed by atoms with Gasteiger partial charge in [0.05, 0.1) is 19.8 Å². The Bertz CT molecular complexity index is 943. The molecule has 152 valence electrons. The molecule has 2 amide bonds. The average Bonchev–Trinajstić information content (AvgIpc) is 3.39. The highest BCUT2D eigenvalue weighted by molar-refractivity contribution is 5.80. The van der Waals surface area contributed by atoms with Gasteiger partial charge >= 0.3 is 6.03 Å². The first-order valence-electron chi connectivity index (χ1n) is 10.1. The summed E-state index contributed by atoms with van der Waals surface area (Å²) in [5, 5.41) is 6.96. The maximum Gasteiger partial charge on any atom is 0.315 e. The van der Waals surface area contributed by atoms with Gasteiger partial charge in [0.2, 0.25) is 0 Å². The van der Waals surface area contributed by atoms with Gasteiger partial charge in [-0.2, -0.15) is 0 Å². The number of aromatic amines is 1. The van der Waals surface area contributed by atoms with Gasteiger partial charge < -0.3 is 25.1 Å². The van der Waals surface area contributed by atoms with Crippen molar-refractivity contribution in [3.63, 3.8) is 0 Å². The van der Waals surface area contributed by atoms with E-state index < -0.39 is 0 Å². The molecule has 0 radical (unpaired) electrons. The summed E-state index contributed by atoms with van der Waals surface area (Å²) >= 11 is 0. The van der Waals surface area contributed by atoms with Crippen molar-refractivity contribution in [2.24, 2.45) is 5.92 Å². The van der Waals surface area contributed by atoms with Gasteiger partial charge in [0.15, 0.2) is 0 Å². The van der Waals surface area contributed by atoms with Crippen LogP contribution in [-0.4, -0.2) is 30.8 Å². The SMILES string of the molecule is Cc1ccc(CNC(=O)NCc2cc3ccccc3[nH]2)c(OCC2CCOC2)c1. The number of amides is 2. The molecule has 1 aliphatic rings. The van der Waals surface area contributed by atoms with Gasteiger partial charge in [0.25, 0.3) is 0 Å². The smallest absolute Gasteiger partial charge is 0.315 e. The summed E-state index contributed by atoms with van der Waals surface area (Å²) in [4.78, 5) is 15.6. The average molecular weight is 393 g/mol. The van der Waals surface area contributed by atoms with Crippen molar-refractivity contribution in [3.05, 3.63) is 65.4 Å². The van der Waals surface area contributed by atoms with E-state index in [2.05, 4.69) is 15.6 Å². The summed E-state index contributed by atoms with van der Waals surface area (Å²) in [6, 6.07) is 16.0. The number of aromatic nitrogens is 1. The van der Waals surface area contributed by atoms with Crippen LogP contribution in [0.3, 0.4) is 0 Å². The second-order valence-corrected chi connectivity index (χ2v) is 7.57. The van der Waals surface area contributed by atoms with Crippen LogP contribution in [0.2, 0.25) is 0 Å². The molecular formula is C23H27N3O3. The summed E-state index contributed by atoms with van der Waals surface area (Å²) in [6.07, 6.45) is 1.04. The molecule has 1 aliphatic heterocycles. The van der Waals surface area contributed by atoms with Gasteiger partial charge in [-0.25, -0.2) is 4.79 Å². The Kier molecular flexibility index (Phi) is 6.00. The molecule has 1 saturated heterocycles. The van der Waals surface area contributed by atoms with E-state index in [1.54, 1.807) is 0 Å². The molecule has 0 bridgehead atoms. The molecule has 6 nitrogen and oxygen atoms in total. The highest BCUT2D eigenvalue weighted by Gasteiger charge is 2.17. The predicted octanol–water partition coefficient (Wildman–Crippen LogP) is 3.89. The van der Waals surface area contributed by atoms with E-state index in [1.165, 1.54) is 0 Å². The van der Waals surface area contributed by atoms with Crippen molar-refractivity contribution >= 4 is 16.9 Å². The summed E-state index contributed by atoms with van der Waals surface area (Å²) in [5.74, 6) is 1.27. The maximum absolute atomic E-state index is 12.3.